The number of nitrogens with zero attached hydrogens (tertiary/aromatic N) is 2. The molecule has 5 nitrogen and oxygen atoms in total. The van der Waals surface area contributed by atoms with Gasteiger partial charge in [-0.25, -0.2) is 0 Å². The molecule has 1 N–H and O–H groups in total. The van der Waals surface area contributed by atoms with Crippen LogP contribution in [0.2, 0.25) is 0 Å². The van der Waals surface area contributed by atoms with Crippen LogP contribution in [0.1, 0.15) is 20.8 Å². The highest BCUT2D eigenvalue weighted by molar-refractivity contribution is 4.81. The number of hydrogen-bond donors (Lipinski definition) is 1. The van der Waals surface area contributed by atoms with Gasteiger partial charge in [-0.15, -0.1) is 0 Å². The predicted molar refractivity (Wildman–Crippen MR) is 78.9 cm³/mol. The van der Waals surface area contributed by atoms with E-state index >= 15 is 0 Å². The van der Waals surface area contributed by atoms with Gasteiger partial charge in [0.2, 0.25) is 0 Å². The molecular weight excluding hydrogens is 256 g/mol. The van der Waals surface area contributed by atoms with Crippen LogP contribution < -0.4 is 0 Å². The minimum atomic E-state index is -0.0471. The van der Waals surface area contributed by atoms with Crippen LogP contribution in [-0.4, -0.2) is 85.7 Å². The minimum Gasteiger partial charge on any atom is -0.394 e. The van der Waals surface area contributed by atoms with E-state index in [0.29, 0.717) is 5.92 Å². The van der Waals surface area contributed by atoms with E-state index in [-0.39, 0.29) is 24.9 Å². The summed E-state index contributed by atoms with van der Waals surface area (Å²) in [5.74, 6) is 0.705. The van der Waals surface area contributed by atoms with Gasteiger partial charge in [-0.2, -0.15) is 0 Å². The molecule has 2 fully saturated rings. The first-order chi connectivity index (χ1) is 9.56. The second-order valence-electron chi connectivity index (χ2n) is 6.62. The molecule has 20 heavy (non-hydrogen) atoms. The molecule has 2 saturated heterocycles. The van der Waals surface area contributed by atoms with Crippen molar-refractivity contribution in [2.24, 2.45) is 5.92 Å². The zero-order chi connectivity index (χ0) is 14.5. The summed E-state index contributed by atoms with van der Waals surface area (Å²) in [5, 5.41) is 9.28. The van der Waals surface area contributed by atoms with Crippen molar-refractivity contribution in [2.45, 2.75) is 39.1 Å². The van der Waals surface area contributed by atoms with Crippen molar-refractivity contribution >= 4 is 0 Å². The summed E-state index contributed by atoms with van der Waals surface area (Å²) in [7, 11) is 0. The van der Waals surface area contributed by atoms with Gasteiger partial charge in [0.1, 0.15) is 0 Å². The second-order valence-corrected chi connectivity index (χ2v) is 6.62. The maximum absolute atomic E-state index is 9.28. The molecule has 0 aromatic heterocycles. The Balaban J connectivity index is 1.79. The van der Waals surface area contributed by atoms with Gasteiger partial charge in [0.15, 0.2) is 0 Å². The van der Waals surface area contributed by atoms with E-state index in [1.807, 2.05) is 0 Å². The van der Waals surface area contributed by atoms with Gasteiger partial charge < -0.3 is 14.6 Å². The SMILES string of the molecule is CC(C)CN1CCOC(CN2CC(C)OC(CO)C2)C1. The lowest BCUT2D eigenvalue weighted by Crippen LogP contribution is -2.53. The lowest BCUT2D eigenvalue weighted by molar-refractivity contribution is -0.113. The highest BCUT2D eigenvalue weighted by atomic mass is 16.5. The summed E-state index contributed by atoms with van der Waals surface area (Å²) >= 11 is 0. The minimum absolute atomic E-state index is 0.0471. The van der Waals surface area contributed by atoms with Crippen LogP contribution in [0, 0.1) is 5.92 Å². The Bertz CT molecular complexity index is 288. The normalized spacial score (nSPS) is 33.8. The predicted octanol–water partition coefficient (Wildman–Crippen LogP) is 0.425. The Morgan fingerprint density at radius 2 is 1.90 bits per heavy atom. The maximum atomic E-state index is 9.28. The highest BCUT2D eigenvalue weighted by Gasteiger charge is 2.28. The Kier molecular flexibility index (Phi) is 6.23. The summed E-state index contributed by atoms with van der Waals surface area (Å²) < 4.78 is 11.6. The quantitative estimate of drug-likeness (QED) is 0.794. The molecule has 2 heterocycles. The fraction of sp³-hybridized carbons (Fsp3) is 1.00. The fourth-order valence-corrected chi connectivity index (χ4v) is 3.25. The highest BCUT2D eigenvalue weighted by Crippen LogP contribution is 2.14. The van der Waals surface area contributed by atoms with Crippen LogP contribution in [0.15, 0.2) is 0 Å². The first-order valence-corrected chi connectivity index (χ1v) is 7.89. The zero-order valence-corrected chi connectivity index (χ0v) is 13.1. The van der Waals surface area contributed by atoms with E-state index in [1.54, 1.807) is 0 Å². The number of rotatable bonds is 5. The van der Waals surface area contributed by atoms with Gasteiger partial charge in [-0.05, 0) is 12.8 Å². The third kappa shape index (κ3) is 4.97. The maximum Gasteiger partial charge on any atom is 0.0936 e. The van der Waals surface area contributed by atoms with Crippen molar-refractivity contribution in [1.82, 2.24) is 9.80 Å². The number of ether oxygens (including phenoxy) is 2. The lowest BCUT2D eigenvalue weighted by Gasteiger charge is -2.40. The lowest BCUT2D eigenvalue weighted by atomic mass is 10.1. The zero-order valence-electron chi connectivity index (χ0n) is 13.1. The van der Waals surface area contributed by atoms with Crippen LogP contribution in [0.4, 0.5) is 0 Å². The molecule has 0 saturated carbocycles. The molecule has 0 radical (unpaired) electrons. The van der Waals surface area contributed by atoms with Crippen molar-refractivity contribution in [2.75, 3.05) is 52.5 Å². The van der Waals surface area contributed by atoms with E-state index in [4.69, 9.17) is 9.47 Å². The first-order valence-electron chi connectivity index (χ1n) is 7.89. The molecule has 2 aliphatic rings. The fourth-order valence-electron chi connectivity index (χ4n) is 3.25. The summed E-state index contributed by atoms with van der Waals surface area (Å²) in [4.78, 5) is 4.88. The van der Waals surface area contributed by atoms with Crippen LogP contribution in [0.3, 0.4) is 0 Å². The van der Waals surface area contributed by atoms with Crippen molar-refractivity contribution in [3.05, 3.63) is 0 Å². The summed E-state index contributed by atoms with van der Waals surface area (Å²) in [6, 6.07) is 0. The van der Waals surface area contributed by atoms with Crippen LogP contribution >= 0.6 is 0 Å². The van der Waals surface area contributed by atoms with E-state index in [1.165, 1.54) is 0 Å². The van der Waals surface area contributed by atoms with Crippen LogP contribution in [0.5, 0.6) is 0 Å². The van der Waals surface area contributed by atoms with Crippen molar-refractivity contribution < 1.29 is 14.6 Å². The molecule has 3 unspecified atom stereocenters. The molecule has 3 atom stereocenters. The Hall–Kier alpha value is -0.200. The van der Waals surface area contributed by atoms with Crippen molar-refractivity contribution in [3.63, 3.8) is 0 Å². The van der Waals surface area contributed by atoms with Crippen molar-refractivity contribution in [1.29, 1.82) is 0 Å². The largest absolute Gasteiger partial charge is 0.394 e. The standard InChI is InChI=1S/C15H30N2O3/c1-12(2)6-16-4-5-19-14(8-16)9-17-7-13(3)20-15(10-17)11-18/h12-15,18H,4-11H2,1-3H3. The molecule has 0 spiro atoms. The average molecular weight is 286 g/mol. The number of hydrogen-bond acceptors (Lipinski definition) is 5. The first kappa shape index (κ1) is 16.2. The molecular formula is C15H30N2O3. The molecule has 2 aliphatic heterocycles. The summed E-state index contributed by atoms with van der Waals surface area (Å²) in [5.41, 5.74) is 0. The monoisotopic (exact) mass is 286 g/mol. The van der Waals surface area contributed by atoms with Gasteiger partial charge in [-0.1, -0.05) is 13.8 Å². The van der Waals surface area contributed by atoms with Gasteiger partial charge >= 0.3 is 0 Å². The Morgan fingerprint density at radius 1 is 1.15 bits per heavy atom. The molecule has 0 bridgehead atoms. The van der Waals surface area contributed by atoms with E-state index in [2.05, 4.69) is 30.6 Å². The second kappa shape index (κ2) is 7.71. The van der Waals surface area contributed by atoms with Gasteiger partial charge in [0.05, 0.1) is 31.5 Å². The molecule has 0 aromatic rings. The van der Waals surface area contributed by atoms with Gasteiger partial charge in [0, 0.05) is 39.3 Å². The molecule has 0 aromatic carbocycles. The Labute approximate surface area is 122 Å². The van der Waals surface area contributed by atoms with Crippen molar-refractivity contribution in [3.8, 4) is 0 Å². The number of aliphatic hydroxyl groups excluding tert-OH is 1. The molecule has 0 amide bonds. The smallest absolute Gasteiger partial charge is 0.0936 e. The number of aliphatic hydroxyl groups is 1. The van der Waals surface area contributed by atoms with Gasteiger partial charge in [0.25, 0.3) is 0 Å². The number of morpholine rings is 2. The van der Waals surface area contributed by atoms with Crippen LogP contribution in [-0.2, 0) is 9.47 Å². The third-order valence-electron chi connectivity index (χ3n) is 3.91. The summed E-state index contributed by atoms with van der Waals surface area (Å²) in [6.07, 6.45) is 0.428. The molecule has 5 heteroatoms. The topological polar surface area (TPSA) is 45.2 Å². The third-order valence-corrected chi connectivity index (χ3v) is 3.91. The average Bonchev–Trinajstić information content (AvgIpc) is 2.37. The van der Waals surface area contributed by atoms with Gasteiger partial charge in [-0.3, -0.25) is 9.80 Å². The van der Waals surface area contributed by atoms with E-state index < -0.39 is 0 Å². The molecule has 0 aliphatic carbocycles. The molecule has 2 rings (SSSR count). The molecule has 118 valence electrons. The van der Waals surface area contributed by atoms with Crippen LogP contribution in [0.25, 0.3) is 0 Å². The summed E-state index contributed by atoms with van der Waals surface area (Å²) in [6.45, 7) is 13.4. The van der Waals surface area contributed by atoms with E-state index in [0.717, 1.165) is 45.9 Å². The van der Waals surface area contributed by atoms with E-state index in [9.17, 15) is 5.11 Å². The Morgan fingerprint density at radius 3 is 2.60 bits per heavy atom.